The molecule has 0 aliphatic carbocycles. The highest BCUT2D eigenvalue weighted by molar-refractivity contribution is 7.19. The van der Waals surface area contributed by atoms with Crippen molar-refractivity contribution in [3.05, 3.63) is 47.8 Å². The highest BCUT2D eigenvalue weighted by atomic mass is 32.1. The lowest BCUT2D eigenvalue weighted by atomic mass is 10.1. The van der Waals surface area contributed by atoms with Gasteiger partial charge in [-0.15, -0.1) is 10.2 Å². The van der Waals surface area contributed by atoms with Crippen molar-refractivity contribution in [2.24, 2.45) is 0 Å². The van der Waals surface area contributed by atoms with E-state index < -0.39 is 11.6 Å². The minimum Gasteiger partial charge on any atom is -0.351 e. The van der Waals surface area contributed by atoms with E-state index in [0.29, 0.717) is 17.0 Å². The zero-order chi connectivity index (χ0) is 22.8. The molecule has 0 atom stereocenters. The monoisotopic (exact) mass is 456 g/mol. The van der Waals surface area contributed by atoms with Crippen LogP contribution in [0.5, 0.6) is 0 Å². The maximum absolute atomic E-state index is 14.7. The average Bonchev–Trinajstić information content (AvgIpc) is 3.38. The Labute approximate surface area is 189 Å². The molecule has 0 bridgehead atoms. The van der Waals surface area contributed by atoms with Crippen LogP contribution in [0.1, 0.15) is 51.8 Å². The van der Waals surface area contributed by atoms with Gasteiger partial charge in [0.15, 0.2) is 16.6 Å². The third-order valence-electron chi connectivity index (χ3n) is 5.26. The topological polar surface area (TPSA) is 59.2 Å². The van der Waals surface area contributed by atoms with E-state index in [1.54, 1.807) is 4.52 Å². The lowest BCUT2D eigenvalue weighted by molar-refractivity contribution is 0.585. The second-order valence-corrected chi connectivity index (χ2v) is 9.11. The van der Waals surface area contributed by atoms with E-state index in [1.165, 1.54) is 23.5 Å². The molecule has 4 aromatic rings. The zero-order valence-corrected chi connectivity index (χ0v) is 19.5. The number of halogens is 2. The first-order valence-corrected chi connectivity index (χ1v) is 11.6. The van der Waals surface area contributed by atoms with Crippen molar-refractivity contribution < 1.29 is 8.78 Å². The Morgan fingerprint density at radius 2 is 1.91 bits per heavy atom. The molecule has 168 valence electrons. The van der Waals surface area contributed by atoms with Gasteiger partial charge in [-0.3, -0.25) is 0 Å². The van der Waals surface area contributed by atoms with Gasteiger partial charge >= 0.3 is 0 Å². The van der Waals surface area contributed by atoms with Crippen molar-refractivity contribution in [2.45, 2.75) is 46.0 Å². The van der Waals surface area contributed by atoms with Gasteiger partial charge in [-0.25, -0.2) is 13.8 Å². The van der Waals surface area contributed by atoms with Crippen molar-refractivity contribution >= 4 is 22.1 Å². The third-order valence-corrected chi connectivity index (χ3v) is 6.45. The van der Waals surface area contributed by atoms with Gasteiger partial charge in [-0.1, -0.05) is 44.9 Å². The molecule has 0 N–H and O–H groups in total. The highest BCUT2D eigenvalue weighted by Gasteiger charge is 2.22. The number of anilines is 1. The predicted molar refractivity (Wildman–Crippen MR) is 124 cm³/mol. The second-order valence-electron chi connectivity index (χ2n) is 8.13. The van der Waals surface area contributed by atoms with E-state index in [1.807, 2.05) is 33.0 Å². The molecule has 0 aliphatic heterocycles. The van der Waals surface area contributed by atoms with Gasteiger partial charge in [0.05, 0.1) is 10.6 Å². The summed E-state index contributed by atoms with van der Waals surface area (Å²) in [6.07, 6.45) is 3.31. The van der Waals surface area contributed by atoms with Crippen LogP contribution in [-0.4, -0.2) is 38.4 Å². The summed E-state index contributed by atoms with van der Waals surface area (Å²) in [6.45, 7) is 7.07. The van der Waals surface area contributed by atoms with Crippen LogP contribution in [0.25, 0.3) is 27.5 Å². The second kappa shape index (κ2) is 9.28. The molecule has 0 aliphatic rings. The highest BCUT2D eigenvalue weighted by Crippen LogP contribution is 2.40. The third kappa shape index (κ3) is 4.34. The Morgan fingerprint density at radius 1 is 1.09 bits per heavy atom. The van der Waals surface area contributed by atoms with E-state index in [0.717, 1.165) is 47.7 Å². The molecule has 6 nitrogen and oxygen atoms in total. The minimum atomic E-state index is -0.648. The van der Waals surface area contributed by atoms with Crippen molar-refractivity contribution in [2.75, 3.05) is 18.5 Å². The molecule has 4 rings (SSSR count). The van der Waals surface area contributed by atoms with Crippen molar-refractivity contribution in [3.8, 4) is 21.8 Å². The standard InChI is InChI=1S/C23H26F2N6S/c1-5-6-7-12-30(4)23-26-20(16-9-8-15(24)13-17(16)25)21(32-23)18-10-11-19-27-28-22(14(2)3)31(19)29-18/h8-11,13-14H,5-7,12H2,1-4H3. The van der Waals surface area contributed by atoms with Crippen LogP contribution in [0.2, 0.25) is 0 Å². The van der Waals surface area contributed by atoms with Gasteiger partial charge in [-0.05, 0) is 30.7 Å². The maximum Gasteiger partial charge on any atom is 0.186 e. The van der Waals surface area contributed by atoms with Gasteiger partial charge in [0, 0.05) is 31.1 Å². The molecule has 9 heteroatoms. The maximum atomic E-state index is 14.7. The van der Waals surface area contributed by atoms with E-state index >= 15 is 0 Å². The smallest absolute Gasteiger partial charge is 0.186 e. The Bertz CT molecular complexity index is 1230. The van der Waals surface area contributed by atoms with Gasteiger partial charge in [0.1, 0.15) is 17.3 Å². The fraction of sp³-hybridized carbons (Fsp3) is 0.391. The number of hydrogen-bond acceptors (Lipinski definition) is 6. The number of thiazole rings is 1. The van der Waals surface area contributed by atoms with Crippen LogP contribution in [0.3, 0.4) is 0 Å². The van der Waals surface area contributed by atoms with Crippen LogP contribution < -0.4 is 4.90 Å². The van der Waals surface area contributed by atoms with Crippen LogP contribution in [0.4, 0.5) is 13.9 Å². The molecule has 1 aromatic carbocycles. The molecule has 32 heavy (non-hydrogen) atoms. The summed E-state index contributed by atoms with van der Waals surface area (Å²) in [6, 6.07) is 7.25. The largest absolute Gasteiger partial charge is 0.351 e. The first kappa shape index (κ1) is 22.3. The summed E-state index contributed by atoms with van der Waals surface area (Å²) in [4.78, 5) is 7.55. The molecule has 0 spiro atoms. The zero-order valence-electron chi connectivity index (χ0n) is 18.6. The molecule has 0 radical (unpaired) electrons. The van der Waals surface area contributed by atoms with E-state index in [9.17, 15) is 8.78 Å². The first-order chi connectivity index (χ1) is 15.4. The van der Waals surface area contributed by atoms with Crippen molar-refractivity contribution in [3.63, 3.8) is 0 Å². The van der Waals surface area contributed by atoms with Gasteiger partial charge < -0.3 is 4.90 Å². The molecule has 0 fully saturated rings. The molecule has 0 amide bonds. The Hall–Kier alpha value is -2.94. The number of rotatable bonds is 8. The number of benzene rings is 1. The van der Waals surface area contributed by atoms with Crippen LogP contribution in [0, 0.1) is 11.6 Å². The van der Waals surface area contributed by atoms with Crippen LogP contribution in [-0.2, 0) is 0 Å². The normalized spacial score (nSPS) is 11.6. The average molecular weight is 457 g/mol. The lowest BCUT2D eigenvalue weighted by Crippen LogP contribution is -2.18. The fourth-order valence-electron chi connectivity index (χ4n) is 3.49. The molecular formula is C23H26F2N6S. The molecule has 0 unspecified atom stereocenters. The Morgan fingerprint density at radius 3 is 2.62 bits per heavy atom. The van der Waals surface area contributed by atoms with Crippen LogP contribution in [0.15, 0.2) is 30.3 Å². The molecular weight excluding hydrogens is 430 g/mol. The van der Waals surface area contributed by atoms with E-state index in [4.69, 9.17) is 10.1 Å². The SMILES string of the molecule is CCCCCN(C)c1nc(-c2ccc(F)cc2F)c(-c2ccc3nnc(C(C)C)n3n2)s1. The molecule has 0 saturated heterocycles. The van der Waals surface area contributed by atoms with E-state index in [2.05, 4.69) is 22.0 Å². The number of aromatic nitrogens is 5. The summed E-state index contributed by atoms with van der Waals surface area (Å²) in [5.41, 5.74) is 1.99. The van der Waals surface area contributed by atoms with Gasteiger partial charge in [0.25, 0.3) is 0 Å². The number of unbranched alkanes of at least 4 members (excludes halogenated alkanes) is 2. The van der Waals surface area contributed by atoms with Gasteiger partial charge in [-0.2, -0.15) is 9.61 Å². The fourth-order valence-corrected chi connectivity index (χ4v) is 4.52. The van der Waals surface area contributed by atoms with Crippen molar-refractivity contribution in [1.29, 1.82) is 0 Å². The summed E-state index contributed by atoms with van der Waals surface area (Å²) < 4.78 is 30.0. The first-order valence-electron chi connectivity index (χ1n) is 10.8. The summed E-state index contributed by atoms with van der Waals surface area (Å²) in [7, 11) is 1.98. The molecule has 3 heterocycles. The Balaban J connectivity index is 1.84. The van der Waals surface area contributed by atoms with Gasteiger partial charge in [0.2, 0.25) is 0 Å². The van der Waals surface area contributed by atoms with Crippen LogP contribution >= 0.6 is 11.3 Å². The predicted octanol–water partition coefficient (Wildman–Crippen LogP) is 5.94. The molecule has 0 saturated carbocycles. The minimum absolute atomic E-state index is 0.142. The van der Waals surface area contributed by atoms with E-state index in [-0.39, 0.29) is 11.5 Å². The van der Waals surface area contributed by atoms with Crippen molar-refractivity contribution in [1.82, 2.24) is 24.8 Å². The number of nitrogens with zero attached hydrogens (tertiary/aromatic N) is 6. The number of fused-ring (bicyclic) bond motifs is 1. The molecule has 3 aromatic heterocycles. The Kier molecular flexibility index (Phi) is 6.45. The number of hydrogen-bond donors (Lipinski definition) is 0. The summed E-state index contributed by atoms with van der Waals surface area (Å²) in [5.74, 6) is -0.378. The summed E-state index contributed by atoms with van der Waals surface area (Å²) >= 11 is 1.45. The quantitative estimate of drug-likeness (QED) is 0.307. The summed E-state index contributed by atoms with van der Waals surface area (Å²) in [5, 5.41) is 13.9. The lowest BCUT2D eigenvalue weighted by Gasteiger charge is -2.14.